The van der Waals surface area contributed by atoms with Crippen LogP contribution in [0.3, 0.4) is 0 Å². The monoisotopic (exact) mass is 248 g/mol. The molecule has 6 heteroatoms. The lowest BCUT2D eigenvalue weighted by Crippen LogP contribution is -2.30. The van der Waals surface area contributed by atoms with Crippen LogP contribution in [0.5, 0.6) is 0 Å². The van der Waals surface area contributed by atoms with Crippen molar-refractivity contribution in [2.45, 2.75) is 19.9 Å². The number of pyridine rings is 1. The summed E-state index contributed by atoms with van der Waals surface area (Å²) >= 11 is 0. The van der Waals surface area contributed by atoms with Crippen LogP contribution in [-0.4, -0.2) is 31.7 Å². The Morgan fingerprint density at radius 2 is 2.17 bits per heavy atom. The zero-order valence-electron chi connectivity index (χ0n) is 10.6. The van der Waals surface area contributed by atoms with E-state index in [0.717, 1.165) is 11.0 Å². The van der Waals surface area contributed by atoms with Crippen LogP contribution >= 0.6 is 0 Å². The van der Waals surface area contributed by atoms with Gasteiger partial charge >= 0.3 is 5.97 Å². The molecule has 18 heavy (non-hydrogen) atoms. The minimum Gasteiger partial charge on any atom is -0.481 e. The molecule has 0 aliphatic heterocycles. The van der Waals surface area contributed by atoms with E-state index in [1.165, 1.54) is 0 Å². The van der Waals surface area contributed by atoms with Crippen LogP contribution in [0.25, 0.3) is 11.0 Å². The number of fused-ring (bicyclic) bond motifs is 1. The average Bonchev–Trinajstić information content (AvgIpc) is 2.71. The first-order valence-electron chi connectivity index (χ1n) is 5.76. The number of rotatable bonds is 4. The van der Waals surface area contributed by atoms with Crippen LogP contribution in [0, 0.1) is 5.92 Å². The Hall–Kier alpha value is -2.11. The van der Waals surface area contributed by atoms with Gasteiger partial charge in [-0.15, -0.1) is 0 Å². The number of aliphatic carboxylic acids is 1. The summed E-state index contributed by atoms with van der Waals surface area (Å²) in [7, 11) is 1.91. The molecule has 0 aliphatic rings. The first-order chi connectivity index (χ1) is 8.50. The second kappa shape index (κ2) is 4.64. The van der Waals surface area contributed by atoms with Gasteiger partial charge in [0, 0.05) is 19.3 Å². The molecule has 0 amide bonds. The van der Waals surface area contributed by atoms with Crippen molar-refractivity contribution in [3.63, 3.8) is 0 Å². The van der Waals surface area contributed by atoms with Crippen LogP contribution in [0.1, 0.15) is 13.8 Å². The molecule has 0 aliphatic carbocycles. The normalized spacial score (nSPS) is 14.4. The topological polar surface area (TPSA) is 80.0 Å². The number of carboxylic acids is 1. The second-order valence-electron chi connectivity index (χ2n) is 4.44. The molecule has 0 aromatic carbocycles. The number of nitrogens with zero attached hydrogens (tertiary/aromatic N) is 3. The molecule has 0 saturated heterocycles. The van der Waals surface area contributed by atoms with Gasteiger partial charge in [0.2, 0.25) is 0 Å². The smallest absolute Gasteiger partial charge is 0.308 e. The van der Waals surface area contributed by atoms with Gasteiger partial charge in [-0.1, -0.05) is 0 Å². The molecule has 0 bridgehead atoms. The third kappa shape index (κ3) is 2.13. The first kappa shape index (κ1) is 12.3. The molecule has 2 atom stereocenters. The SMILES string of the molecule is CC(Nc1nccc2c1ncn2C)C(C)C(=O)O. The Morgan fingerprint density at radius 3 is 2.83 bits per heavy atom. The molecule has 0 spiro atoms. The fourth-order valence-electron chi connectivity index (χ4n) is 1.72. The second-order valence-corrected chi connectivity index (χ2v) is 4.44. The number of aromatic nitrogens is 3. The van der Waals surface area contributed by atoms with E-state index in [1.807, 2.05) is 24.6 Å². The van der Waals surface area contributed by atoms with Crippen LogP contribution in [0.15, 0.2) is 18.6 Å². The Balaban J connectivity index is 2.29. The van der Waals surface area contributed by atoms with Gasteiger partial charge in [-0.25, -0.2) is 9.97 Å². The molecule has 2 aromatic heterocycles. The number of hydrogen-bond acceptors (Lipinski definition) is 4. The summed E-state index contributed by atoms with van der Waals surface area (Å²) < 4.78 is 1.90. The molecule has 2 N–H and O–H groups in total. The summed E-state index contributed by atoms with van der Waals surface area (Å²) in [6.45, 7) is 3.49. The Labute approximate surface area is 105 Å². The maximum Gasteiger partial charge on any atom is 0.308 e. The number of anilines is 1. The van der Waals surface area contributed by atoms with Crippen molar-refractivity contribution >= 4 is 22.8 Å². The van der Waals surface area contributed by atoms with Gasteiger partial charge in [-0.3, -0.25) is 4.79 Å². The third-order valence-corrected chi connectivity index (χ3v) is 3.15. The highest BCUT2D eigenvalue weighted by Crippen LogP contribution is 2.20. The fraction of sp³-hybridized carbons (Fsp3) is 0.417. The van der Waals surface area contributed by atoms with Crippen LogP contribution < -0.4 is 5.32 Å². The standard InChI is InChI=1S/C12H16N4O2/c1-7(12(17)18)8(2)15-11-10-9(4-5-13-11)16(3)6-14-10/h4-8H,1-3H3,(H,13,15)(H,17,18). The van der Waals surface area contributed by atoms with Gasteiger partial charge in [0.15, 0.2) is 5.82 Å². The van der Waals surface area contributed by atoms with Crippen molar-refractivity contribution in [1.29, 1.82) is 0 Å². The van der Waals surface area contributed by atoms with Gasteiger partial charge in [-0.05, 0) is 19.9 Å². The molecule has 2 unspecified atom stereocenters. The Kier molecular flexibility index (Phi) is 3.18. The maximum absolute atomic E-state index is 10.9. The highest BCUT2D eigenvalue weighted by molar-refractivity contribution is 5.86. The van der Waals surface area contributed by atoms with E-state index in [9.17, 15) is 4.79 Å². The number of aryl methyl sites for hydroxylation is 1. The van der Waals surface area contributed by atoms with Crippen LogP contribution in [0.2, 0.25) is 0 Å². The van der Waals surface area contributed by atoms with E-state index in [4.69, 9.17) is 5.11 Å². The summed E-state index contributed by atoms with van der Waals surface area (Å²) in [6, 6.07) is 1.65. The Bertz CT molecular complexity index is 578. The molecular formula is C12H16N4O2. The number of nitrogens with one attached hydrogen (secondary N) is 1. The van der Waals surface area contributed by atoms with Crippen LogP contribution in [-0.2, 0) is 11.8 Å². The van der Waals surface area contributed by atoms with Gasteiger partial charge < -0.3 is 15.0 Å². The van der Waals surface area contributed by atoms with Gasteiger partial charge in [-0.2, -0.15) is 0 Å². The minimum atomic E-state index is -0.830. The lowest BCUT2D eigenvalue weighted by molar-refractivity contribution is -0.141. The van der Waals surface area contributed by atoms with Crippen molar-refractivity contribution in [2.24, 2.45) is 13.0 Å². The predicted octanol–water partition coefficient (Wildman–Crippen LogP) is 1.49. The molecule has 0 fully saturated rings. The molecule has 2 rings (SSSR count). The largest absolute Gasteiger partial charge is 0.481 e. The van der Waals surface area contributed by atoms with Gasteiger partial charge in [0.1, 0.15) is 5.52 Å². The summed E-state index contributed by atoms with van der Waals surface area (Å²) in [5.41, 5.74) is 1.71. The minimum absolute atomic E-state index is 0.220. The van der Waals surface area contributed by atoms with Crippen molar-refractivity contribution < 1.29 is 9.90 Å². The van der Waals surface area contributed by atoms with Crippen molar-refractivity contribution in [1.82, 2.24) is 14.5 Å². The van der Waals surface area contributed by atoms with Crippen molar-refractivity contribution in [2.75, 3.05) is 5.32 Å². The van der Waals surface area contributed by atoms with Gasteiger partial charge in [0.25, 0.3) is 0 Å². The lowest BCUT2D eigenvalue weighted by Gasteiger charge is -2.18. The van der Waals surface area contributed by atoms with E-state index in [1.54, 1.807) is 19.4 Å². The van der Waals surface area contributed by atoms with Crippen molar-refractivity contribution in [3.8, 4) is 0 Å². The van der Waals surface area contributed by atoms with Crippen molar-refractivity contribution in [3.05, 3.63) is 18.6 Å². The van der Waals surface area contributed by atoms with Gasteiger partial charge in [0.05, 0.1) is 17.8 Å². The molecule has 0 radical (unpaired) electrons. The molecule has 2 heterocycles. The highest BCUT2D eigenvalue weighted by atomic mass is 16.4. The molecule has 0 saturated carbocycles. The highest BCUT2D eigenvalue weighted by Gasteiger charge is 2.20. The maximum atomic E-state index is 10.9. The number of imidazole rings is 1. The summed E-state index contributed by atoms with van der Waals surface area (Å²) in [5, 5.41) is 12.1. The lowest BCUT2D eigenvalue weighted by atomic mass is 10.0. The summed E-state index contributed by atoms with van der Waals surface area (Å²) in [5.74, 6) is -0.706. The summed E-state index contributed by atoms with van der Waals surface area (Å²) in [4.78, 5) is 19.4. The third-order valence-electron chi connectivity index (χ3n) is 3.15. The van der Waals surface area contributed by atoms with E-state index in [-0.39, 0.29) is 6.04 Å². The number of carbonyl (C=O) groups is 1. The van der Waals surface area contributed by atoms with E-state index in [0.29, 0.717) is 5.82 Å². The molecule has 6 nitrogen and oxygen atoms in total. The van der Waals surface area contributed by atoms with Crippen LogP contribution in [0.4, 0.5) is 5.82 Å². The fourth-order valence-corrected chi connectivity index (χ4v) is 1.72. The quantitative estimate of drug-likeness (QED) is 0.856. The summed E-state index contributed by atoms with van der Waals surface area (Å²) in [6.07, 6.45) is 3.40. The number of hydrogen-bond donors (Lipinski definition) is 2. The molecule has 2 aromatic rings. The first-order valence-corrected chi connectivity index (χ1v) is 5.76. The van der Waals surface area contributed by atoms with E-state index in [2.05, 4.69) is 15.3 Å². The average molecular weight is 248 g/mol. The molecular weight excluding hydrogens is 232 g/mol. The number of carboxylic acid groups (broad SMARTS) is 1. The van der Waals surface area contributed by atoms with E-state index < -0.39 is 11.9 Å². The zero-order chi connectivity index (χ0) is 13.3. The zero-order valence-corrected chi connectivity index (χ0v) is 10.6. The Morgan fingerprint density at radius 1 is 1.44 bits per heavy atom. The molecule has 96 valence electrons. The predicted molar refractivity (Wildman–Crippen MR) is 68.4 cm³/mol. The van der Waals surface area contributed by atoms with E-state index >= 15 is 0 Å².